The summed E-state index contributed by atoms with van der Waals surface area (Å²) in [5.74, 6) is -1.53. The van der Waals surface area contributed by atoms with Gasteiger partial charge in [-0.3, -0.25) is 0 Å². The van der Waals surface area contributed by atoms with Crippen LogP contribution < -0.4 is 0 Å². The van der Waals surface area contributed by atoms with Crippen molar-refractivity contribution in [2.75, 3.05) is 0 Å². The molecule has 1 aromatic heterocycles. The van der Waals surface area contributed by atoms with Crippen molar-refractivity contribution in [1.29, 1.82) is 0 Å². The van der Waals surface area contributed by atoms with Crippen molar-refractivity contribution >= 4 is 11.3 Å². The van der Waals surface area contributed by atoms with E-state index in [-0.39, 0.29) is 16.7 Å². The van der Waals surface area contributed by atoms with Crippen LogP contribution in [0, 0.1) is 11.6 Å². The fourth-order valence-corrected chi connectivity index (χ4v) is 2.60. The fourth-order valence-electron chi connectivity index (χ4n) is 1.68. The highest BCUT2D eigenvalue weighted by molar-refractivity contribution is 7.09. The van der Waals surface area contributed by atoms with Gasteiger partial charge in [0.05, 0.1) is 16.3 Å². The molecule has 0 saturated heterocycles. The van der Waals surface area contributed by atoms with Crippen LogP contribution in [0.1, 0.15) is 43.1 Å². The molecule has 0 aliphatic heterocycles. The lowest BCUT2D eigenvalue weighted by molar-refractivity contribution is 0.204. The molecule has 0 aliphatic rings. The summed E-state index contributed by atoms with van der Waals surface area (Å²) in [7, 11) is 0. The summed E-state index contributed by atoms with van der Waals surface area (Å²) in [5, 5.41) is 12.6. The van der Waals surface area contributed by atoms with Crippen molar-refractivity contribution < 1.29 is 13.9 Å². The van der Waals surface area contributed by atoms with Crippen LogP contribution in [0.4, 0.5) is 8.78 Å². The molecule has 19 heavy (non-hydrogen) atoms. The van der Waals surface area contributed by atoms with Crippen molar-refractivity contribution in [2.45, 2.75) is 32.3 Å². The lowest BCUT2D eigenvalue weighted by atomic mass is 9.98. The Morgan fingerprint density at radius 1 is 1.21 bits per heavy atom. The summed E-state index contributed by atoms with van der Waals surface area (Å²) in [6, 6.07) is 3.51. The molecule has 1 aromatic carbocycles. The minimum atomic E-state index is -1.38. The molecule has 0 bridgehead atoms. The Hall–Kier alpha value is -1.33. The van der Waals surface area contributed by atoms with Gasteiger partial charge in [-0.15, -0.1) is 11.3 Å². The number of rotatable bonds is 2. The monoisotopic (exact) mass is 283 g/mol. The molecule has 1 atom stereocenters. The Labute approximate surface area is 114 Å². The molecule has 0 aliphatic carbocycles. The minimum absolute atomic E-state index is 0.156. The highest BCUT2D eigenvalue weighted by Gasteiger charge is 2.24. The number of aromatic nitrogens is 1. The highest BCUT2D eigenvalue weighted by atomic mass is 32.1. The summed E-state index contributed by atoms with van der Waals surface area (Å²) in [4.78, 5) is 4.28. The van der Waals surface area contributed by atoms with Gasteiger partial charge in [-0.05, 0) is 12.1 Å². The zero-order valence-corrected chi connectivity index (χ0v) is 11.8. The Morgan fingerprint density at radius 3 is 2.26 bits per heavy atom. The third-order valence-corrected chi connectivity index (χ3v) is 4.00. The molecule has 0 fully saturated rings. The van der Waals surface area contributed by atoms with Gasteiger partial charge < -0.3 is 5.11 Å². The SMILES string of the molecule is CC(C)(C)c1nc(C(O)c2c(F)cccc2F)cs1. The second kappa shape index (κ2) is 4.98. The maximum atomic E-state index is 13.6. The molecule has 0 saturated carbocycles. The van der Waals surface area contributed by atoms with Gasteiger partial charge in [0.15, 0.2) is 0 Å². The van der Waals surface area contributed by atoms with Crippen molar-refractivity contribution in [1.82, 2.24) is 4.98 Å². The average Bonchev–Trinajstić information content (AvgIpc) is 2.77. The largest absolute Gasteiger partial charge is 0.382 e. The van der Waals surface area contributed by atoms with Gasteiger partial charge in [0.2, 0.25) is 0 Å². The van der Waals surface area contributed by atoms with E-state index in [9.17, 15) is 13.9 Å². The average molecular weight is 283 g/mol. The van der Waals surface area contributed by atoms with E-state index in [1.807, 2.05) is 20.8 Å². The Kier molecular flexibility index (Phi) is 3.69. The van der Waals surface area contributed by atoms with Gasteiger partial charge in [-0.25, -0.2) is 13.8 Å². The number of hydrogen-bond donors (Lipinski definition) is 1. The summed E-state index contributed by atoms with van der Waals surface area (Å²) in [5.41, 5.74) is -0.233. The Bertz CT molecular complexity index is 569. The first-order chi connectivity index (χ1) is 8.80. The molecule has 1 unspecified atom stereocenters. The molecule has 2 nitrogen and oxygen atoms in total. The van der Waals surface area contributed by atoms with Gasteiger partial charge in [0, 0.05) is 10.8 Å². The Morgan fingerprint density at radius 2 is 1.79 bits per heavy atom. The van der Waals surface area contributed by atoms with Gasteiger partial charge >= 0.3 is 0 Å². The van der Waals surface area contributed by atoms with E-state index in [1.165, 1.54) is 17.4 Å². The van der Waals surface area contributed by atoms with E-state index < -0.39 is 17.7 Å². The van der Waals surface area contributed by atoms with E-state index in [4.69, 9.17) is 0 Å². The summed E-state index contributed by atoms with van der Waals surface area (Å²) >= 11 is 1.38. The first-order valence-corrected chi connectivity index (χ1v) is 6.76. The zero-order chi connectivity index (χ0) is 14.2. The van der Waals surface area contributed by atoms with Gasteiger partial charge in [-0.2, -0.15) is 0 Å². The number of aliphatic hydroxyl groups is 1. The lowest BCUT2D eigenvalue weighted by Gasteiger charge is -2.14. The zero-order valence-electron chi connectivity index (χ0n) is 10.9. The second-order valence-corrected chi connectivity index (χ2v) is 6.22. The molecule has 2 aromatic rings. The standard InChI is InChI=1S/C14H15F2NOS/c1-14(2,3)13-17-10(7-19-13)12(18)11-8(15)5-4-6-9(11)16/h4-7,12,18H,1-3H3. The predicted octanol–water partition coefficient (Wildman–Crippen LogP) is 3.80. The molecule has 102 valence electrons. The normalized spacial score (nSPS) is 13.6. The van der Waals surface area contributed by atoms with E-state index >= 15 is 0 Å². The molecule has 0 radical (unpaired) electrons. The molecular formula is C14H15F2NOS. The minimum Gasteiger partial charge on any atom is -0.382 e. The number of hydrogen-bond acceptors (Lipinski definition) is 3. The van der Waals surface area contributed by atoms with Crippen LogP contribution >= 0.6 is 11.3 Å². The third kappa shape index (κ3) is 2.82. The molecule has 1 N–H and O–H groups in total. The summed E-state index contributed by atoms with van der Waals surface area (Å²) < 4.78 is 27.2. The first-order valence-electron chi connectivity index (χ1n) is 5.88. The van der Waals surface area contributed by atoms with Crippen LogP contribution in [0.25, 0.3) is 0 Å². The Balaban J connectivity index is 2.40. The van der Waals surface area contributed by atoms with Crippen LogP contribution in [-0.2, 0) is 5.41 Å². The number of benzene rings is 1. The summed E-state index contributed by atoms with van der Waals surface area (Å²) in [6.45, 7) is 5.98. The van der Waals surface area contributed by atoms with E-state index in [0.29, 0.717) is 0 Å². The molecular weight excluding hydrogens is 268 g/mol. The van der Waals surface area contributed by atoms with Crippen molar-refractivity contribution in [3.05, 3.63) is 51.5 Å². The van der Waals surface area contributed by atoms with E-state index in [1.54, 1.807) is 5.38 Å². The quantitative estimate of drug-likeness (QED) is 0.909. The smallest absolute Gasteiger partial charge is 0.132 e. The topological polar surface area (TPSA) is 33.1 Å². The maximum absolute atomic E-state index is 13.6. The van der Waals surface area contributed by atoms with Crippen LogP contribution in [0.2, 0.25) is 0 Å². The molecule has 5 heteroatoms. The van der Waals surface area contributed by atoms with Gasteiger partial charge in [0.25, 0.3) is 0 Å². The molecule has 2 rings (SSSR count). The van der Waals surface area contributed by atoms with E-state index in [0.717, 1.165) is 17.1 Å². The molecule has 0 amide bonds. The van der Waals surface area contributed by atoms with Crippen molar-refractivity contribution in [3.63, 3.8) is 0 Å². The molecule has 0 spiro atoms. The highest BCUT2D eigenvalue weighted by Crippen LogP contribution is 2.31. The van der Waals surface area contributed by atoms with Crippen LogP contribution in [0.3, 0.4) is 0 Å². The summed E-state index contributed by atoms with van der Waals surface area (Å²) in [6.07, 6.45) is -1.38. The predicted molar refractivity (Wildman–Crippen MR) is 71.2 cm³/mol. The van der Waals surface area contributed by atoms with E-state index in [2.05, 4.69) is 4.98 Å². The number of aliphatic hydroxyl groups excluding tert-OH is 1. The van der Waals surface area contributed by atoms with Gasteiger partial charge in [0.1, 0.15) is 17.7 Å². The number of halogens is 2. The first kappa shape index (κ1) is 14.1. The van der Waals surface area contributed by atoms with Crippen LogP contribution in [0.15, 0.2) is 23.6 Å². The second-order valence-electron chi connectivity index (χ2n) is 5.37. The third-order valence-electron chi connectivity index (χ3n) is 2.72. The van der Waals surface area contributed by atoms with Crippen LogP contribution in [0.5, 0.6) is 0 Å². The van der Waals surface area contributed by atoms with Gasteiger partial charge in [-0.1, -0.05) is 26.8 Å². The fraction of sp³-hybridized carbons (Fsp3) is 0.357. The van der Waals surface area contributed by atoms with Crippen molar-refractivity contribution in [3.8, 4) is 0 Å². The lowest BCUT2D eigenvalue weighted by Crippen LogP contribution is -2.12. The van der Waals surface area contributed by atoms with Crippen molar-refractivity contribution in [2.24, 2.45) is 0 Å². The maximum Gasteiger partial charge on any atom is 0.132 e. The van der Waals surface area contributed by atoms with Crippen LogP contribution in [-0.4, -0.2) is 10.1 Å². The number of thiazole rings is 1. The number of nitrogens with zero attached hydrogens (tertiary/aromatic N) is 1. The molecule has 1 heterocycles.